The molecule has 0 unspecified atom stereocenters. The number of rotatable bonds is 2. The lowest BCUT2D eigenvalue weighted by Crippen LogP contribution is -2.57. The van der Waals surface area contributed by atoms with Crippen molar-refractivity contribution in [3.8, 4) is 0 Å². The Kier molecular flexibility index (Phi) is 4.49. The van der Waals surface area contributed by atoms with Gasteiger partial charge in [-0.15, -0.1) is 0 Å². The molecule has 0 aromatic heterocycles. The van der Waals surface area contributed by atoms with Gasteiger partial charge >= 0.3 is 6.03 Å². The van der Waals surface area contributed by atoms with Gasteiger partial charge in [0.05, 0.1) is 12.1 Å². The third-order valence-electron chi connectivity index (χ3n) is 4.55. The van der Waals surface area contributed by atoms with Crippen LogP contribution in [0.15, 0.2) is 0 Å². The summed E-state index contributed by atoms with van der Waals surface area (Å²) < 4.78 is 0. The van der Waals surface area contributed by atoms with Crippen LogP contribution in [0.4, 0.5) is 4.79 Å². The SMILES string of the molecule is CC1CCC(CO)(NC(=O)N2CCCCC2)CC1. The number of nitrogens with zero attached hydrogens (tertiary/aromatic N) is 1. The maximum absolute atomic E-state index is 12.2. The third kappa shape index (κ3) is 3.16. The van der Waals surface area contributed by atoms with E-state index in [1.54, 1.807) is 0 Å². The highest BCUT2D eigenvalue weighted by Gasteiger charge is 2.36. The predicted octanol–water partition coefficient (Wildman–Crippen LogP) is 2.12. The quantitative estimate of drug-likeness (QED) is 0.793. The monoisotopic (exact) mass is 254 g/mol. The van der Waals surface area contributed by atoms with Crippen molar-refractivity contribution in [1.29, 1.82) is 0 Å². The van der Waals surface area contributed by atoms with E-state index in [-0.39, 0.29) is 18.2 Å². The smallest absolute Gasteiger partial charge is 0.317 e. The van der Waals surface area contributed by atoms with Crippen molar-refractivity contribution in [1.82, 2.24) is 10.2 Å². The van der Waals surface area contributed by atoms with Crippen molar-refractivity contribution in [2.24, 2.45) is 5.92 Å². The van der Waals surface area contributed by atoms with Gasteiger partial charge in [-0.1, -0.05) is 6.92 Å². The average molecular weight is 254 g/mol. The molecule has 1 aliphatic carbocycles. The first-order valence-electron chi connectivity index (χ1n) is 7.33. The van der Waals surface area contributed by atoms with Crippen LogP contribution in [0.25, 0.3) is 0 Å². The fourth-order valence-electron chi connectivity index (χ4n) is 3.04. The first-order valence-corrected chi connectivity index (χ1v) is 7.33. The summed E-state index contributed by atoms with van der Waals surface area (Å²) in [7, 11) is 0. The Labute approximate surface area is 110 Å². The summed E-state index contributed by atoms with van der Waals surface area (Å²) in [5, 5.41) is 12.8. The molecular weight excluding hydrogens is 228 g/mol. The summed E-state index contributed by atoms with van der Waals surface area (Å²) in [4.78, 5) is 14.1. The summed E-state index contributed by atoms with van der Waals surface area (Å²) in [5.74, 6) is 0.719. The van der Waals surface area contributed by atoms with Crippen LogP contribution in [0.5, 0.6) is 0 Å². The second kappa shape index (κ2) is 5.91. The summed E-state index contributed by atoms with van der Waals surface area (Å²) >= 11 is 0. The molecule has 2 fully saturated rings. The maximum atomic E-state index is 12.2. The number of nitrogens with one attached hydrogen (secondary N) is 1. The molecule has 0 aromatic carbocycles. The van der Waals surface area contributed by atoms with E-state index in [1.807, 2.05) is 4.90 Å². The molecule has 18 heavy (non-hydrogen) atoms. The number of aliphatic hydroxyl groups excluding tert-OH is 1. The summed E-state index contributed by atoms with van der Waals surface area (Å²) in [6.07, 6.45) is 7.45. The van der Waals surface area contributed by atoms with E-state index in [4.69, 9.17) is 0 Å². The molecular formula is C14H26N2O2. The van der Waals surface area contributed by atoms with Gasteiger partial charge in [-0.25, -0.2) is 4.79 Å². The molecule has 0 spiro atoms. The second-order valence-electron chi connectivity index (χ2n) is 6.10. The minimum absolute atomic E-state index is 0.0262. The van der Waals surface area contributed by atoms with Crippen LogP contribution in [0.2, 0.25) is 0 Å². The van der Waals surface area contributed by atoms with Crippen LogP contribution in [-0.2, 0) is 0 Å². The molecule has 2 rings (SSSR count). The lowest BCUT2D eigenvalue weighted by atomic mass is 9.77. The van der Waals surface area contributed by atoms with Gasteiger partial charge in [-0.2, -0.15) is 0 Å². The molecule has 1 saturated carbocycles. The van der Waals surface area contributed by atoms with Crippen LogP contribution >= 0.6 is 0 Å². The van der Waals surface area contributed by atoms with Crippen molar-refractivity contribution < 1.29 is 9.90 Å². The molecule has 0 aromatic rings. The number of likely N-dealkylation sites (tertiary alicyclic amines) is 1. The molecule has 0 atom stereocenters. The molecule has 4 nitrogen and oxygen atoms in total. The summed E-state index contributed by atoms with van der Waals surface area (Å²) in [5.41, 5.74) is -0.360. The van der Waals surface area contributed by atoms with E-state index in [9.17, 15) is 9.90 Å². The number of urea groups is 1. The Bertz CT molecular complexity index is 280. The number of carbonyl (C=O) groups is 1. The number of amides is 2. The van der Waals surface area contributed by atoms with Crippen molar-refractivity contribution in [3.63, 3.8) is 0 Å². The number of carbonyl (C=O) groups excluding carboxylic acids is 1. The van der Waals surface area contributed by atoms with E-state index in [0.717, 1.165) is 57.5 Å². The highest BCUT2D eigenvalue weighted by atomic mass is 16.3. The zero-order valence-corrected chi connectivity index (χ0v) is 11.5. The Balaban J connectivity index is 1.90. The lowest BCUT2D eigenvalue weighted by molar-refractivity contribution is 0.0994. The zero-order chi connectivity index (χ0) is 13.0. The van der Waals surface area contributed by atoms with E-state index in [2.05, 4.69) is 12.2 Å². The topological polar surface area (TPSA) is 52.6 Å². The highest BCUT2D eigenvalue weighted by Crippen LogP contribution is 2.31. The number of hydrogen-bond donors (Lipinski definition) is 2. The molecule has 0 bridgehead atoms. The van der Waals surface area contributed by atoms with Gasteiger partial charge in [0, 0.05) is 13.1 Å². The molecule has 1 aliphatic heterocycles. The van der Waals surface area contributed by atoms with Gasteiger partial charge in [0.2, 0.25) is 0 Å². The Hall–Kier alpha value is -0.770. The fourth-order valence-corrected chi connectivity index (χ4v) is 3.04. The van der Waals surface area contributed by atoms with Crippen LogP contribution in [0, 0.1) is 5.92 Å². The van der Waals surface area contributed by atoms with Gasteiger partial charge < -0.3 is 15.3 Å². The van der Waals surface area contributed by atoms with Crippen molar-refractivity contribution >= 4 is 6.03 Å². The minimum Gasteiger partial charge on any atom is -0.394 e. The first-order chi connectivity index (χ1) is 8.65. The molecule has 0 radical (unpaired) electrons. The largest absolute Gasteiger partial charge is 0.394 e. The van der Waals surface area contributed by atoms with Gasteiger partial charge in [-0.05, 0) is 50.9 Å². The van der Waals surface area contributed by atoms with Gasteiger partial charge in [0.1, 0.15) is 0 Å². The Morgan fingerprint density at radius 1 is 1.28 bits per heavy atom. The molecule has 2 N–H and O–H groups in total. The summed E-state index contributed by atoms with van der Waals surface area (Å²) in [6, 6.07) is 0.0262. The zero-order valence-electron chi connectivity index (χ0n) is 11.5. The maximum Gasteiger partial charge on any atom is 0.317 e. The Morgan fingerprint density at radius 2 is 1.89 bits per heavy atom. The number of aliphatic hydroxyl groups is 1. The van der Waals surface area contributed by atoms with Gasteiger partial charge in [0.25, 0.3) is 0 Å². The van der Waals surface area contributed by atoms with E-state index >= 15 is 0 Å². The first kappa shape index (κ1) is 13.7. The van der Waals surface area contributed by atoms with Crippen LogP contribution < -0.4 is 5.32 Å². The lowest BCUT2D eigenvalue weighted by Gasteiger charge is -2.40. The van der Waals surface area contributed by atoms with Gasteiger partial charge in [-0.3, -0.25) is 0 Å². The van der Waals surface area contributed by atoms with Crippen LogP contribution in [0.1, 0.15) is 51.9 Å². The van der Waals surface area contributed by atoms with Crippen LogP contribution in [0.3, 0.4) is 0 Å². The number of piperidine rings is 1. The van der Waals surface area contributed by atoms with Gasteiger partial charge in [0.15, 0.2) is 0 Å². The number of hydrogen-bond acceptors (Lipinski definition) is 2. The van der Waals surface area contributed by atoms with Crippen molar-refractivity contribution in [3.05, 3.63) is 0 Å². The highest BCUT2D eigenvalue weighted by molar-refractivity contribution is 5.75. The second-order valence-corrected chi connectivity index (χ2v) is 6.10. The molecule has 2 amide bonds. The Morgan fingerprint density at radius 3 is 2.44 bits per heavy atom. The predicted molar refractivity (Wildman–Crippen MR) is 71.4 cm³/mol. The minimum atomic E-state index is -0.360. The summed E-state index contributed by atoms with van der Waals surface area (Å²) in [6.45, 7) is 4.04. The molecule has 2 aliphatic rings. The van der Waals surface area contributed by atoms with E-state index in [1.165, 1.54) is 6.42 Å². The van der Waals surface area contributed by atoms with Crippen molar-refractivity contribution in [2.75, 3.05) is 19.7 Å². The average Bonchev–Trinajstić information content (AvgIpc) is 2.43. The van der Waals surface area contributed by atoms with Crippen molar-refractivity contribution in [2.45, 2.75) is 57.4 Å². The molecule has 1 saturated heterocycles. The molecule has 1 heterocycles. The molecule has 104 valence electrons. The standard InChI is InChI=1S/C14H26N2O2/c1-12-5-7-14(11-17,8-6-12)15-13(18)16-9-3-2-4-10-16/h12,17H,2-11H2,1H3,(H,15,18). The van der Waals surface area contributed by atoms with E-state index in [0.29, 0.717) is 0 Å². The normalized spacial score (nSPS) is 33.2. The fraction of sp³-hybridized carbons (Fsp3) is 0.929. The van der Waals surface area contributed by atoms with Crippen LogP contribution in [-0.4, -0.2) is 41.3 Å². The molecule has 4 heteroatoms. The van der Waals surface area contributed by atoms with E-state index < -0.39 is 0 Å². The third-order valence-corrected chi connectivity index (χ3v) is 4.55.